The van der Waals surface area contributed by atoms with E-state index in [0.717, 1.165) is 0 Å². The maximum atomic E-state index is 2.66. The molecule has 0 amide bonds. The standard InChI is InChI=1S/C21H50N4P2/c1-9-22(10-2)17-26(18-23(11-3)12-4)21-27(19-24(13-5)14-6)20-25(15-7)16-8/h9-21H2,1-8H3. The number of hydrogen-bond acceptors (Lipinski definition) is 4. The number of nitrogens with zero attached hydrogens (tertiary/aromatic N) is 4. The van der Waals surface area contributed by atoms with E-state index in [0.29, 0.717) is 0 Å². The zero-order valence-electron chi connectivity index (χ0n) is 19.9. The van der Waals surface area contributed by atoms with E-state index in [2.05, 4.69) is 75.0 Å². The van der Waals surface area contributed by atoms with E-state index in [1.165, 1.54) is 83.4 Å². The molecule has 4 nitrogen and oxygen atoms in total. The van der Waals surface area contributed by atoms with Gasteiger partial charge in [0.25, 0.3) is 0 Å². The minimum Gasteiger partial charge on any atom is -0.300 e. The van der Waals surface area contributed by atoms with Crippen LogP contribution in [-0.2, 0) is 0 Å². The van der Waals surface area contributed by atoms with Crippen molar-refractivity contribution in [3.8, 4) is 0 Å². The lowest BCUT2D eigenvalue weighted by atomic mass is 10.6. The first-order valence-electron chi connectivity index (χ1n) is 11.3. The topological polar surface area (TPSA) is 13.0 Å². The average molecular weight is 421 g/mol. The molecule has 0 unspecified atom stereocenters. The van der Waals surface area contributed by atoms with Gasteiger partial charge in [0.15, 0.2) is 0 Å². The molecular weight excluding hydrogens is 370 g/mol. The van der Waals surface area contributed by atoms with Crippen molar-refractivity contribution in [1.29, 1.82) is 0 Å². The van der Waals surface area contributed by atoms with E-state index in [1.54, 1.807) is 0 Å². The molecule has 0 aliphatic carbocycles. The summed E-state index contributed by atoms with van der Waals surface area (Å²) in [5.41, 5.74) is 0. The first-order valence-corrected chi connectivity index (χ1v) is 15.1. The normalized spacial score (nSPS) is 12.7. The Morgan fingerprint density at radius 2 is 0.556 bits per heavy atom. The Balaban J connectivity index is 5.24. The summed E-state index contributed by atoms with van der Waals surface area (Å²) < 4.78 is 0. The minimum absolute atomic E-state index is 0.0440. The number of rotatable bonds is 18. The predicted octanol–water partition coefficient (Wildman–Crippen LogP) is 5.10. The molecule has 0 N–H and O–H groups in total. The number of hydrogen-bond donors (Lipinski definition) is 0. The van der Waals surface area contributed by atoms with Crippen LogP contribution in [0.25, 0.3) is 0 Å². The van der Waals surface area contributed by atoms with Crippen molar-refractivity contribution in [3.63, 3.8) is 0 Å². The van der Waals surface area contributed by atoms with Crippen molar-refractivity contribution < 1.29 is 0 Å². The van der Waals surface area contributed by atoms with Crippen LogP contribution in [0.15, 0.2) is 0 Å². The van der Waals surface area contributed by atoms with Crippen molar-refractivity contribution in [2.45, 2.75) is 55.4 Å². The van der Waals surface area contributed by atoms with Gasteiger partial charge in [-0.05, 0) is 58.3 Å². The van der Waals surface area contributed by atoms with E-state index in [-0.39, 0.29) is 15.8 Å². The first kappa shape index (κ1) is 27.7. The van der Waals surface area contributed by atoms with E-state index < -0.39 is 0 Å². The van der Waals surface area contributed by atoms with Crippen LogP contribution in [0, 0.1) is 0 Å². The Morgan fingerprint density at radius 3 is 0.704 bits per heavy atom. The third-order valence-electron chi connectivity index (χ3n) is 5.58. The molecule has 164 valence electrons. The van der Waals surface area contributed by atoms with Crippen LogP contribution in [0.2, 0.25) is 0 Å². The second-order valence-electron chi connectivity index (χ2n) is 7.26. The van der Waals surface area contributed by atoms with Crippen molar-refractivity contribution in [2.75, 3.05) is 83.4 Å². The monoisotopic (exact) mass is 420 g/mol. The molecule has 0 rings (SSSR count). The van der Waals surface area contributed by atoms with Crippen molar-refractivity contribution in [1.82, 2.24) is 19.6 Å². The molecular formula is C21H50N4P2. The van der Waals surface area contributed by atoms with Crippen LogP contribution < -0.4 is 0 Å². The summed E-state index contributed by atoms with van der Waals surface area (Å²) in [6.07, 6.45) is 5.31. The van der Waals surface area contributed by atoms with Crippen LogP contribution in [-0.4, -0.2) is 103 Å². The highest BCUT2D eigenvalue weighted by atomic mass is 31.2. The fourth-order valence-corrected chi connectivity index (χ4v) is 11.1. The second-order valence-corrected chi connectivity index (χ2v) is 12.2. The van der Waals surface area contributed by atoms with Gasteiger partial charge in [-0.2, -0.15) is 0 Å². The quantitative estimate of drug-likeness (QED) is 0.286. The third kappa shape index (κ3) is 12.1. The van der Waals surface area contributed by atoms with Gasteiger partial charge in [0.05, 0.1) is 0 Å². The smallest absolute Gasteiger partial charge is 0.0198 e. The van der Waals surface area contributed by atoms with Gasteiger partial charge in [-0.1, -0.05) is 71.2 Å². The Hall–Kier alpha value is 0.700. The fraction of sp³-hybridized carbons (Fsp3) is 1.00. The minimum atomic E-state index is 0.0440. The van der Waals surface area contributed by atoms with Crippen LogP contribution in [0.3, 0.4) is 0 Å². The third-order valence-corrected chi connectivity index (χ3v) is 12.0. The molecule has 6 heteroatoms. The molecule has 0 saturated carbocycles. The lowest BCUT2D eigenvalue weighted by Crippen LogP contribution is -2.31. The molecule has 0 fully saturated rings. The molecule has 0 spiro atoms. The fourth-order valence-electron chi connectivity index (χ4n) is 3.38. The average Bonchev–Trinajstić information content (AvgIpc) is 2.71. The molecule has 27 heavy (non-hydrogen) atoms. The lowest BCUT2D eigenvalue weighted by molar-refractivity contribution is 0.335. The summed E-state index contributed by atoms with van der Waals surface area (Å²) in [7, 11) is 0.0880. The highest BCUT2D eigenvalue weighted by Crippen LogP contribution is 2.52. The van der Waals surface area contributed by atoms with Gasteiger partial charge in [0.1, 0.15) is 0 Å². The van der Waals surface area contributed by atoms with E-state index in [1.807, 2.05) is 0 Å². The maximum Gasteiger partial charge on any atom is 0.0198 e. The zero-order valence-corrected chi connectivity index (χ0v) is 21.7. The van der Waals surface area contributed by atoms with Crippen molar-refractivity contribution in [3.05, 3.63) is 0 Å². The molecule has 0 aliphatic heterocycles. The highest BCUT2D eigenvalue weighted by molar-refractivity contribution is 7.74. The Kier molecular flexibility index (Phi) is 18.0. The van der Waals surface area contributed by atoms with Gasteiger partial charge >= 0.3 is 0 Å². The summed E-state index contributed by atoms with van der Waals surface area (Å²) in [4.78, 5) is 10.7. The highest BCUT2D eigenvalue weighted by Gasteiger charge is 2.22. The Morgan fingerprint density at radius 1 is 0.370 bits per heavy atom. The largest absolute Gasteiger partial charge is 0.300 e. The summed E-state index contributed by atoms with van der Waals surface area (Å²) in [6.45, 7) is 28.1. The summed E-state index contributed by atoms with van der Waals surface area (Å²) in [6, 6.07) is 0. The summed E-state index contributed by atoms with van der Waals surface area (Å²) in [5, 5.41) is 0. The van der Waals surface area contributed by atoms with Gasteiger partial charge in [-0.25, -0.2) is 0 Å². The van der Waals surface area contributed by atoms with Crippen LogP contribution in [0.1, 0.15) is 55.4 Å². The van der Waals surface area contributed by atoms with Crippen LogP contribution >= 0.6 is 15.8 Å². The maximum absolute atomic E-state index is 2.66. The summed E-state index contributed by atoms with van der Waals surface area (Å²) >= 11 is 0. The zero-order chi connectivity index (χ0) is 20.7. The molecule has 0 atom stereocenters. The van der Waals surface area contributed by atoms with Gasteiger partial charge < -0.3 is 0 Å². The molecule has 0 bridgehead atoms. The Labute approximate surface area is 174 Å². The van der Waals surface area contributed by atoms with E-state index in [9.17, 15) is 0 Å². The SMILES string of the molecule is CCN(CC)CP(CN(CC)CC)CP(CN(CC)CC)CN(CC)CC. The molecule has 0 aromatic carbocycles. The predicted molar refractivity (Wildman–Crippen MR) is 130 cm³/mol. The molecule has 0 radical (unpaired) electrons. The van der Waals surface area contributed by atoms with Crippen molar-refractivity contribution in [2.24, 2.45) is 0 Å². The lowest BCUT2D eigenvalue weighted by Gasteiger charge is -2.36. The van der Waals surface area contributed by atoms with Gasteiger partial charge in [0, 0.05) is 25.1 Å². The molecule has 0 aromatic rings. The van der Waals surface area contributed by atoms with E-state index >= 15 is 0 Å². The van der Waals surface area contributed by atoms with Gasteiger partial charge in [0.2, 0.25) is 0 Å². The van der Waals surface area contributed by atoms with Crippen molar-refractivity contribution >= 4 is 15.8 Å². The molecule has 0 aromatic heterocycles. The Bertz CT molecular complexity index is 259. The molecule has 0 saturated heterocycles. The van der Waals surface area contributed by atoms with Gasteiger partial charge in [-0.15, -0.1) is 0 Å². The van der Waals surface area contributed by atoms with Crippen LogP contribution in [0.5, 0.6) is 0 Å². The van der Waals surface area contributed by atoms with Gasteiger partial charge in [-0.3, -0.25) is 19.6 Å². The molecule has 0 aliphatic rings. The van der Waals surface area contributed by atoms with E-state index in [4.69, 9.17) is 0 Å². The molecule has 0 heterocycles. The second kappa shape index (κ2) is 17.5. The summed E-state index contributed by atoms with van der Waals surface area (Å²) in [5.74, 6) is 1.48. The first-order chi connectivity index (χ1) is 13.0. The van der Waals surface area contributed by atoms with Crippen LogP contribution in [0.4, 0.5) is 0 Å².